The summed E-state index contributed by atoms with van der Waals surface area (Å²) >= 11 is 1.29. The highest BCUT2D eigenvalue weighted by Gasteiger charge is 2.17. The molecule has 0 amide bonds. The highest BCUT2D eigenvalue weighted by molar-refractivity contribution is 7.03. The molecule has 0 aliphatic carbocycles. The van der Waals surface area contributed by atoms with E-state index in [1.165, 1.54) is 11.5 Å². The van der Waals surface area contributed by atoms with Gasteiger partial charge in [-0.05, 0) is 17.6 Å². The summed E-state index contributed by atoms with van der Waals surface area (Å²) in [7, 11) is 1.86. The van der Waals surface area contributed by atoms with Crippen LogP contribution in [0.15, 0.2) is 17.6 Å². The zero-order chi connectivity index (χ0) is 9.97. The summed E-state index contributed by atoms with van der Waals surface area (Å²) in [5.41, 5.74) is 4.29. The minimum Gasteiger partial charge on any atom is -0.275 e. The van der Waals surface area contributed by atoms with E-state index < -0.39 is 0 Å². The predicted octanol–water partition coefficient (Wildman–Crippen LogP) is -0.176. The van der Waals surface area contributed by atoms with Crippen molar-refractivity contribution in [2.45, 2.75) is 6.04 Å². The third-order valence-electron chi connectivity index (χ3n) is 1.87. The number of hydrazine groups is 1. The second-order valence-electron chi connectivity index (χ2n) is 2.84. The van der Waals surface area contributed by atoms with Crippen LogP contribution in [0.1, 0.15) is 17.4 Å². The average molecular weight is 210 g/mol. The van der Waals surface area contributed by atoms with E-state index in [1.807, 2.05) is 24.7 Å². The van der Waals surface area contributed by atoms with Gasteiger partial charge >= 0.3 is 0 Å². The zero-order valence-corrected chi connectivity index (χ0v) is 8.40. The molecule has 0 aliphatic heterocycles. The Balaban J connectivity index is 2.31. The van der Waals surface area contributed by atoms with Gasteiger partial charge in [0.05, 0.1) is 11.4 Å². The lowest BCUT2D eigenvalue weighted by Crippen LogP contribution is -2.29. The minimum atomic E-state index is -0.185. The molecule has 0 radical (unpaired) electrons. The summed E-state index contributed by atoms with van der Waals surface area (Å²) in [6.45, 7) is 0. The second-order valence-corrected chi connectivity index (χ2v) is 3.45. The van der Waals surface area contributed by atoms with Gasteiger partial charge in [0.15, 0.2) is 0 Å². The van der Waals surface area contributed by atoms with Gasteiger partial charge in [-0.3, -0.25) is 10.5 Å². The molecule has 74 valence electrons. The van der Waals surface area contributed by atoms with Crippen molar-refractivity contribution in [1.29, 1.82) is 0 Å². The Hall–Kier alpha value is -1.31. The Bertz CT molecular complexity index is 394. The van der Waals surface area contributed by atoms with Crippen LogP contribution in [-0.2, 0) is 7.05 Å². The van der Waals surface area contributed by atoms with Gasteiger partial charge in [0.2, 0.25) is 0 Å². The van der Waals surface area contributed by atoms with Gasteiger partial charge in [-0.25, -0.2) is 5.43 Å². The summed E-state index contributed by atoms with van der Waals surface area (Å²) in [4.78, 5) is 0. The fourth-order valence-electron chi connectivity index (χ4n) is 1.21. The van der Waals surface area contributed by atoms with Gasteiger partial charge in [-0.2, -0.15) is 5.10 Å². The average Bonchev–Trinajstić information content (AvgIpc) is 2.79. The molecule has 2 rings (SSSR count). The van der Waals surface area contributed by atoms with Crippen LogP contribution in [-0.4, -0.2) is 19.4 Å². The molecule has 3 N–H and O–H groups in total. The Kier molecular flexibility index (Phi) is 2.53. The topological polar surface area (TPSA) is 81.7 Å². The summed E-state index contributed by atoms with van der Waals surface area (Å²) < 4.78 is 5.51. The number of nitrogens with two attached hydrogens (primary N) is 1. The second kappa shape index (κ2) is 3.82. The largest absolute Gasteiger partial charge is 0.275 e. The van der Waals surface area contributed by atoms with Gasteiger partial charge in [0.25, 0.3) is 0 Å². The van der Waals surface area contributed by atoms with Gasteiger partial charge < -0.3 is 0 Å². The van der Waals surface area contributed by atoms with Crippen LogP contribution in [0.2, 0.25) is 0 Å². The first-order chi connectivity index (χ1) is 6.81. The van der Waals surface area contributed by atoms with E-state index in [1.54, 1.807) is 4.68 Å². The molecule has 0 bridgehead atoms. The maximum Gasteiger partial charge on any atom is 0.110 e. The maximum atomic E-state index is 5.44. The Morgan fingerprint density at radius 3 is 2.93 bits per heavy atom. The van der Waals surface area contributed by atoms with Crippen LogP contribution in [0.25, 0.3) is 0 Å². The highest BCUT2D eigenvalue weighted by atomic mass is 32.1. The number of nitrogens with one attached hydrogen (secondary N) is 1. The SMILES string of the molecule is Cn1ccc(C(NN)c2csnn2)n1. The van der Waals surface area contributed by atoms with Crippen molar-refractivity contribution >= 4 is 11.5 Å². The molecule has 2 heterocycles. The molecule has 1 unspecified atom stereocenters. The monoisotopic (exact) mass is 210 g/mol. The van der Waals surface area contributed by atoms with Crippen LogP contribution < -0.4 is 11.3 Å². The Labute approximate surface area is 84.9 Å². The quantitative estimate of drug-likeness (QED) is 0.542. The first-order valence-electron chi connectivity index (χ1n) is 4.04. The highest BCUT2D eigenvalue weighted by Crippen LogP contribution is 2.17. The Morgan fingerprint density at radius 2 is 2.43 bits per heavy atom. The molecule has 0 spiro atoms. The molecule has 1 atom stereocenters. The van der Waals surface area contributed by atoms with Crippen LogP contribution in [0.3, 0.4) is 0 Å². The number of rotatable bonds is 3. The summed E-state index contributed by atoms with van der Waals surface area (Å²) in [6, 6.07) is 1.71. The van der Waals surface area contributed by atoms with Crippen molar-refractivity contribution in [2.75, 3.05) is 0 Å². The minimum absolute atomic E-state index is 0.185. The predicted molar refractivity (Wildman–Crippen MR) is 52.3 cm³/mol. The molecule has 0 saturated carbocycles. The standard InChI is InChI=1S/C7H10N6S/c1-13-3-2-5(11-13)7(9-8)6-4-14-12-10-6/h2-4,7,9H,8H2,1H3. The number of hydrogen-bond acceptors (Lipinski definition) is 6. The molecule has 0 fully saturated rings. The Morgan fingerprint density at radius 1 is 1.57 bits per heavy atom. The summed E-state index contributed by atoms with van der Waals surface area (Å²) in [5, 5.41) is 10.0. The van der Waals surface area contributed by atoms with Gasteiger partial charge in [0.1, 0.15) is 6.04 Å². The number of hydrogen-bond donors (Lipinski definition) is 2. The molecule has 0 aromatic carbocycles. The molecule has 7 heteroatoms. The molecule has 2 aromatic heterocycles. The normalized spacial score (nSPS) is 13.0. The van der Waals surface area contributed by atoms with Crippen molar-refractivity contribution in [1.82, 2.24) is 24.8 Å². The van der Waals surface area contributed by atoms with E-state index in [0.717, 1.165) is 11.4 Å². The smallest absolute Gasteiger partial charge is 0.110 e. The molecule has 6 nitrogen and oxygen atoms in total. The van der Waals surface area contributed by atoms with Gasteiger partial charge in [-0.1, -0.05) is 4.49 Å². The first kappa shape index (κ1) is 9.25. The molecular weight excluding hydrogens is 200 g/mol. The van der Waals surface area contributed by atoms with Crippen molar-refractivity contribution in [2.24, 2.45) is 12.9 Å². The lowest BCUT2D eigenvalue weighted by atomic mass is 10.2. The van der Waals surface area contributed by atoms with E-state index in [9.17, 15) is 0 Å². The van der Waals surface area contributed by atoms with E-state index in [2.05, 4.69) is 20.1 Å². The van der Waals surface area contributed by atoms with Crippen molar-refractivity contribution in [3.8, 4) is 0 Å². The van der Waals surface area contributed by atoms with Crippen LogP contribution in [0, 0.1) is 0 Å². The third-order valence-corrected chi connectivity index (χ3v) is 2.39. The lowest BCUT2D eigenvalue weighted by molar-refractivity contribution is 0.589. The van der Waals surface area contributed by atoms with E-state index >= 15 is 0 Å². The molecule has 14 heavy (non-hydrogen) atoms. The maximum absolute atomic E-state index is 5.44. The number of aryl methyl sites for hydroxylation is 1. The van der Waals surface area contributed by atoms with E-state index in [0.29, 0.717) is 0 Å². The first-order valence-corrected chi connectivity index (χ1v) is 4.87. The van der Waals surface area contributed by atoms with Crippen molar-refractivity contribution in [3.05, 3.63) is 29.0 Å². The summed E-state index contributed by atoms with van der Waals surface area (Å²) in [5.74, 6) is 5.44. The third kappa shape index (κ3) is 1.65. The van der Waals surface area contributed by atoms with Gasteiger partial charge in [-0.15, -0.1) is 5.10 Å². The van der Waals surface area contributed by atoms with Crippen LogP contribution in [0.5, 0.6) is 0 Å². The fraction of sp³-hybridized carbons (Fsp3) is 0.286. The van der Waals surface area contributed by atoms with Crippen LogP contribution >= 0.6 is 11.5 Å². The van der Waals surface area contributed by atoms with Gasteiger partial charge in [0, 0.05) is 18.6 Å². The summed E-state index contributed by atoms with van der Waals surface area (Å²) in [6.07, 6.45) is 1.86. The molecule has 0 saturated heterocycles. The number of nitrogens with zero attached hydrogens (tertiary/aromatic N) is 4. The molecular formula is C7H10N6S. The van der Waals surface area contributed by atoms with E-state index in [4.69, 9.17) is 5.84 Å². The van der Waals surface area contributed by atoms with Crippen molar-refractivity contribution in [3.63, 3.8) is 0 Å². The molecule has 0 aliphatic rings. The van der Waals surface area contributed by atoms with E-state index in [-0.39, 0.29) is 6.04 Å². The zero-order valence-electron chi connectivity index (χ0n) is 7.58. The number of aromatic nitrogens is 4. The fourth-order valence-corrected chi connectivity index (χ4v) is 1.69. The van der Waals surface area contributed by atoms with Crippen molar-refractivity contribution < 1.29 is 0 Å². The lowest BCUT2D eigenvalue weighted by Gasteiger charge is -2.08. The van der Waals surface area contributed by atoms with Crippen LogP contribution in [0.4, 0.5) is 0 Å². The molecule has 2 aromatic rings.